The summed E-state index contributed by atoms with van der Waals surface area (Å²) in [5, 5.41) is -0.143. The molecule has 2 atom stereocenters. The fourth-order valence-corrected chi connectivity index (χ4v) is 3.60. The Labute approximate surface area is 126 Å². The number of hydrogen-bond acceptors (Lipinski definition) is 5. The molecule has 0 saturated heterocycles. The Hall–Kier alpha value is -1.45. The average molecular weight is 330 g/mol. The zero-order valence-electron chi connectivity index (χ0n) is 11.8. The SMILES string of the molecule is CC(CCNS(=O)(=O)c1c(N)nc2ccccn12)S(C)=O. The molecule has 0 aliphatic heterocycles. The lowest BCUT2D eigenvalue weighted by atomic mass is 10.3. The Morgan fingerprint density at radius 2 is 2.19 bits per heavy atom. The summed E-state index contributed by atoms with van der Waals surface area (Å²) in [4.78, 5) is 4.02. The fraction of sp³-hybridized carbons (Fsp3) is 0.417. The van der Waals surface area contributed by atoms with E-state index in [0.717, 1.165) is 0 Å². The average Bonchev–Trinajstić information content (AvgIpc) is 2.74. The number of nitrogen functional groups attached to an aromatic ring is 1. The predicted molar refractivity (Wildman–Crippen MR) is 82.9 cm³/mol. The normalized spacial score (nSPS) is 15.1. The van der Waals surface area contributed by atoms with Crippen LogP contribution < -0.4 is 10.5 Å². The molecule has 0 radical (unpaired) electrons. The number of nitrogens with zero attached hydrogens (tertiary/aromatic N) is 2. The standard InChI is InChI=1S/C12H18N4O3S2/c1-9(20(2)17)6-7-14-21(18,19)12-11(13)15-10-5-3-4-8-16(10)12/h3-5,8-9,14H,6-7,13H2,1-2H3. The maximum absolute atomic E-state index is 12.4. The Bertz CT molecular complexity index is 770. The van der Waals surface area contributed by atoms with Gasteiger partial charge in [0, 0.05) is 35.0 Å². The van der Waals surface area contributed by atoms with Crippen LogP contribution in [0.15, 0.2) is 29.4 Å². The van der Waals surface area contributed by atoms with E-state index < -0.39 is 20.8 Å². The van der Waals surface area contributed by atoms with E-state index in [1.807, 2.05) is 6.92 Å². The summed E-state index contributed by atoms with van der Waals surface area (Å²) in [6.45, 7) is 2.01. The van der Waals surface area contributed by atoms with Crippen LogP contribution in [0.25, 0.3) is 5.65 Å². The van der Waals surface area contributed by atoms with Crippen molar-refractivity contribution < 1.29 is 12.6 Å². The number of pyridine rings is 1. The van der Waals surface area contributed by atoms with Crippen molar-refractivity contribution in [2.24, 2.45) is 0 Å². The Kier molecular flexibility index (Phi) is 4.64. The molecule has 0 amide bonds. The topological polar surface area (TPSA) is 107 Å². The van der Waals surface area contributed by atoms with Crippen LogP contribution >= 0.6 is 0 Å². The maximum Gasteiger partial charge on any atom is 0.260 e. The van der Waals surface area contributed by atoms with Gasteiger partial charge in [0.05, 0.1) is 0 Å². The first kappa shape index (κ1) is 15.9. The second-order valence-corrected chi connectivity index (χ2v) is 8.21. The fourth-order valence-electron chi connectivity index (χ4n) is 1.89. The van der Waals surface area contributed by atoms with Gasteiger partial charge < -0.3 is 5.73 Å². The highest BCUT2D eigenvalue weighted by atomic mass is 32.2. The molecule has 7 nitrogen and oxygen atoms in total. The number of nitrogens with one attached hydrogen (secondary N) is 1. The van der Waals surface area contributed by atoms with Gasteiger partial charge in [0.15, 0.2) is 10.8 Å². The van der Waals surface area contributed by atoms with Crippen LogP contribution in [0.4, 0.5) is 5.82 Å². The molecule has 2 heterocycles. The lowest BCUT2D eigenvalue weighted by Crippen LogP contribution is -2.29. The highest BCUT2D eigenvalue weighted by molar-refractivity contribution is 7.89. The van der Waals surface area contributed by atoms with Crippen LogP contribution in [-0.4, -0.2) is 40.1 Å². The minimum atomic E-state index is -3.77. The van der Waals surface area contributed by atoms with Crippen molar-refractivity contribution in [3.05, 3.63) is 24.4 Å². The first-order chi connectivity index (χ1) is 9.83. The minimum absolute atomic E-state index is 0.0409. The van der Waals surface area contributed by atoms with E-state index in [1.165, 1.54) is 4.40 Å². The number of rotatable bonds is 6. The first-order valence-electron chi connectivity index (χ1n) is 6.37. The second kappa shape index (κ2) is 6.12. The van der Waals surface area contributed by atoms with Gasteiger partial charge >= 0.3 is 0 Å². The number of nitrogens with two attached hydrogens (primary N) is 1. The van der Waals surface area contributed by atoms with Gasteiger partial charge in [-0.25, -0.2) is 18.1 Å². The molecule has 0 bridgehead atoms. The van der Waals surface area contributed by atoms with Crippen molar-refractivity contribution >= 4 is 32.3 Å². The van der Waals surface area contributed by atoms with Crippen LogP contribution in [0.1, 0.15) is 13.3 Å². The third-order valence-corrected chi connectivity index (χ3v) is 6.04. The second-order valence-electron chi connectivity index (χ2n) is 4.73. The molecule has 0 spiro atoms. The molecule has 0 fully saturated rings. The van der Waals surface area contributed by atoms with E-state index in [1.54, 1.807) is 30.7 Å². The zero-order valence-corrected chi connectivity index (χ0v) is 13.4. The summed E-state index contributed by atoms with van der Waals surface area (Å²) in [6.07, 6.45) is 3.68. The number of imidazole rings is 1. The van der Waals surface area contributed by atoms with Crippen molar-refractivity contribution in [1.82, 2.24) is 14.1 Å². The molecule has 0 aromatic carbocycles. The Morgan fingerprint density at radius 1 is 1.48 bits per heavy atom. The molecule has 2 aromatic rings. The van der Waals surface area contributed by atoms with E-state index in [0.29, 0.717) is 12.1 Å². The van der Waals surface area contributed by atoms with E-state index in [2.05, 4.69) is 9.71 Å². The molecule has 3 N–H and O–H groups in total. The molecule has 2 unspecified atom stereocenters. The molecular weight excluding hydrogens is 312 g/mol. The van der Waals surface area contributed by atoms with Crippen molar-refractivity contribution in [1.29, 1.82) is 0 Å². The number of anilines is 1. The monoisotopic (exact) mass is 330 g/mol. The minimum Gasteiger partial charge on any atom is -0.381 e. The van der Waals surface area contributed by atoms with Gasteiger partial charge in [0.25, 0.3) is 10.0 Å². The molecule has 21 heavy (non-hydrogen) atoms. The van der Waals surface area contributed by atoms with Gasteiger partial charge in [-0.15, -0.1) is 0 Å². The number of aromatic nitrogens is 2. The summed E-state index contributed by atoms with van der Waals surface area (Å²) in [5.74, 6) is -0.0409. The Balaban J connectivity index is 2.22. The summed E-state index contributed by atoms with van der Waals surface area (Å²) < 4.78 is 39.9. The molecule has 116 valence electrons. The van der Waals surface area contributed by atoms with Crippen LogP contribution in [-0.2, 0) is 20.8 Å². The Morgan fingerprint density at radius 3 is 2.86 bits per heavy atom. The van der Waals surface area contributed by atoms with Crippen molar-refractivity contribution in [2.45, 2.75) is 23.6 Å². The van der Waals surface area contributed by atoms with Crippen LogP contribution in [0.5, 0.6) is 0 Å². The lowest BCUT2D eigenvalue weighted by Gasteiger charge is -2.10. The smallest absolute Gasteiger partial charge is 0.260 e. The summed E-state index contributed by atoms with van der Waals surface area (Å²) in [5.41, 5.74) is 6.19. The molecule has 0 aliphatic rings. The summed E-state index contributed by atoms with van der Waals surface area (Å²) in [6, 6.07) is 5.14. The highest BCUT2D eigenvalue weighted by Gasteiger charge is 2.23. The first-order valence-corrected chi connectivity index (χ1v) is 9.48. The van der Waals surface area contributed by atoms with Crippen LogP contribution in [0.3, 0.4) is 0 Å². The van der Waals surface area contributed by atoms with Crippen LogP contribution in [0, 0.1) is 0 Å². The van der Waals surface area contributed by atoms with Crippen molar-refractivity contribution in [3.8, 4) is 0 Å². The van der Waals surface area contributed by atoms with E-state index in [-0.39, 0.29) is 22.6 Å². The van der Waals surface area contributed by atoms with E-state index >= 15 is 0 Å². The molecule has 0 saturated carbocycles. The molecule has 2 rings (SSSR count). The molecule has 2 aromatic heterocycles. The van der Waals surface area contributed by atoms with Gasteiger partial charge in [-0.05, 0) is 18.6 Å². The maximum atomic E-state index is 12.4. The van der Waals surface area contributed by atoms with Crippen molar-refractivity contribution in [3.63, 3.8) is 0 Å². The zero-order chi connectivity index (χ0) is 15.6. The van der Waals surface area contributed by atoms with Gasteiger partial charge in [-0.3, -0.25) is 8.61 Å². The lowest BCUT2D eigenvalue weighted by molar-refractivity contribution is 0.573. The number of hydrogen-bond donors (Lipinski definition) is 2. The largest absolute Gasteiger partial charge is 0.381 e. The molecular formula is C12H18N4O3S2. The summed E-state index contributed by atoms with van der Waals surface area (Å²) >= 11 is 0. The van der Waals surface area contributed by atoms with Gasteiger partial charge in [-0.2, -0.15) is 0 Å². The third-order valence-electron chi connectivity index (χ3n) is 3.18. The van der Waals surface area contributed by atoms with Crippen LogP contribution in [0.2, 0.25) is 0 Å². The summed E-state index contributed by atoms with van der Waals surface area (Å²) in [7, 11) is -4.75. The predicted octanol–water partition coefficient (Wildman–Crippen LogP) is 0.352. The van der Waals surface area contributed by atoms with Gasteiger partial charge in [0.1, 0.15) is 5.65 Å². The molecule has 9 heteroatoms. The van der Waals surface area contributed by atoms with E-state index in [9.17, 15) is 12.6 Å². The van der Waals surface area contributed by atoms with Gasteiger partial charge in [-0.1, -0.05) is 13.0 Å². The highest BCUT2D eigenvalue weighted by Crippen LogP contribution is 2.19. The number of sulfonamides is 1. The molecule has 0 aliphatic carbocycles. The quantitative estimate of drug-likeness (QED) is 0.795. The van der Waals surface area contributed by atoms with E-state index in [4.69, 9.17) is 5.73 Å². The number of fused-ring (bicyclic) bond motifs is 1. The third kappa shape index (κ3) is 3.42. The van der Waals surface area contributed by atoms with Gasteiger partial charge in [0.2, 0.25) is 0 Å². The van der Waals surface area contributed by atoms with Crippen molar-refractivity contribution in [2.75, 3.05) is 18.5 Å².